The monoisotopic (exact) mass is 393 g/mol. The number of fused-ring (bicyclic) bond motifs is 1. The third kappa shape index (κ3) is 3.72. The Balaban J connectivity index is 1.44. The van der Waals surface area contributed by atoms with Crippen LogP contribution in [-0.2, 0) is 9.59 Å². The minimum atomic E-state index is -0.935. The van der Waals surface area contributed by atoms with Crippen LogP contribution in [0.4, 0.5) is 11.4 Å². The van der Waals surface area contributed by atoms with Crippen LogP contribution in [0.2, 0.25) is 0 Å². The van der Waals surface area contributed by atoms with Crippen molar-refractivity contribution in [3.8, 4) is 5.75 Å². The molecule has 29 heavy (non-hydrogen) atoms. The summed E-state index contributed by atoms with van der Waals surface area (Å²) < 4.78 is 0. The van der Waals surface area contributed by atoms with Gasteiger partial charge in [-0.1, -0.05) is 24.3 Å². The Hall–Kier alpha value is -2.86. The summed E-state index contributed by atoms with van der Waals surface area (Å²) in [5, 5.41) is 12.4. The highest BCUT2D eigenvalue weighted by atomic mass is 16.3. The summed E-state index contributed by atoms with van der Waals surface area (Å²) in [6.45, 7) is 5.53. The molecule has 0 bridgehead atoms. The van der Waals surface area contributed by atoms with Gasteiger partial charge in [0, 0.05) is 0 Å². The van der Waals surface area contributed by atoms with Crippen LogP contribution in [0.3, 0.4) is 0 Å². The van der Waals surface area contributed by atoms with E-state index in [0.717, 1.165) is 31.6 Å². The Morgan fingerprint density at radius 1 is 1.10 bits per heavy atom. The first-order valence-electron chi connectivity index (χ1n) is 10.1. The number of benzene rings is 2. The van der Waals surface area contributed by atoms with E-state index >= 15 is 0 Å². The summed E-state index contributed by atoms with van der Waals surface area (Å²) in [6.07, 6.45) is 1.94. The van der Waals surface area contributed by atoms with Crippen molar-refractivity contribution in [1.29, 1.82) is 0 Å². The van der Waals surface area contributed by atoms with E-state index in [9.17, 15) is 14.7 Å². The average molecular weight is 393 g/mol. The number of carbonyl (C=O) groups excluding carboxylic acids is 2. The van der Waals surface area contributed by atoms with Crippen LogP contribution in [0, 0.1) is 0 Å². The number of rotatable bonds is 3. The van der Waals surface area contributed by atoms with Gasteiger partial charge in [-0.2, -0.15) is 0 Å². The highest BCUT2D eigenvalue weighted by Crippen LogP contribution is 2.37. The maximum absolute atomic E-state index is 13.3. The minimum absolute atomic E-state index is 0.0552. The lowest BCUT2D eigenvalue weighted by molar-refractivity contribution is -0.127. The highest BCUT2D eigenvalue weighted by molar-refractivity contribution is 6.14. The van der Waals surface area contributed by atoms with Gasteiger partial charge in [0.1, 0.15) is 11.3 Å². The fourth-order valence-electron chi connectivity index (χ4n) is 4.33. The van der Waals surface area contributed by atoms with E-state index < -0.39 is 5.54 Å². The second-order valence-corrected chi connectivity index (χ2v) is 8.40. The molecule has 0 saturated carbocycles. The molecule has 1 fully saturated rings. The molecule has 2 aliphatic rings. The number of piperidine rings is 1. The highest BCUT2D eigenvalue weighted by Gasteiger charge is 2.43. The van der Waals surface area contributed by atoms with Crippen LogP contribution in [-0.4, -0.2) is 47.0 Å². The minimum Gasteiger partial charge on any atom is -0.508 e. The number of hydrogen-bond donors (Lipinski definition) is 2. The topological polar surface area (TPSA) is 72.9 Å². The molecule has 2 aliphatic heterocycles. The predicted molar refractivity (Wildman–Crippen MR) is 113 cm³/mol. The number of amides is 2. The Morgan fingerprint density at radius 3 is 2.45 bits per heavy atom. The number of aromatic hydroxyl groups is 1. The molecule has 2 aromatic rings. The van der Waals surface area contributed by atoms with Crippen molar-refractivity contribution in [3.05, 3.63) is 54.1 Å². The molecule has 2 aromatic carbocycles. The lowest BCUT2D eigenvalue weighted by Gasteiger charge is -2.43. The number of nitrogens with zero attached hydrogens (tertiary/aromatic N) is 2. The standard InChI is InChI=1S/C23H27N3O3/c1-23(2)22(29)24-19-5-3-4-6-20(19)26(23)21(28)15-25-13-11-17(12-14-25)16-7-9-18(27)10-8-16/h3-10,17,27H,11-15H2,1-2H3,(H,24,29). The maximum Gasteiger partial charge on any atom is 0.250 e. The van der Waals surface area contributed by atoms with Crippen LogP contribution in [0.1, 0.15) is 38.2 Å². The van der Waals surface area contributed by atoms with Gasteiger partial charge in [0.05, 0.1) is 17.9 Å². The van der Waals surface area contributed by atoms with E-state index in [2.05, 4.69) is 10.2 Å². The summed E-state index contributed by atoms with van der Waals surface area (Å²) >= 11 is 0. The summed E-state index contributed by atoms with van der Waals surface area (Å²) in [4.78, 5) is 29.6. The zero-order chi connectivity index (χ0) is 20.6. The van der Waals surface area contributed by atoms with Crippen LogP contribution < -0.4 is 10.2 Å². The van der Waals surface area contributed by atoms with Crippen LogP contribution >= 0.6 is 0 Å². The van der Waals surface area contributed by atoms with Crippen molar-refractivity contribution in [2.24, 2.45) is 0 Å². The molecule has 0 aromatic heterocycles. The van der Waals surface area contributed by atoms with Gasteiger partial charge in [-0.05, 0) is 75.5 Å². The normalized spacial score (nSPS) is 19.5. The SMILES string of the molecule is CC1(C)C(=O)Nc2ccccc2N1C(=O)CN1CCC(c2ccc(O)cc2)CC1. The maximum atomic E-state index is 13.3. The number of nitrogens with one attached hydrogen (secondary N) is 1. The van der Waals surface area contributed by atoms with Gasteiger partial charge < -0.3 is 10.4 Å². The van der Waals surface area contributed by atoms with Gasteiger partial charge in [0.15, 0.2) is 0 Å². The molecule has 152 valence electrons. The molecule has 2 amide bonds. The van der Waals surface area contributed by atoms with Crippen LogP contribution in [0.15, 0.2) is 48.5 Å². The van der Waals surface area contributed by atoms with Crippen LogP contribution in [0.5, 0.6) is 5.75 Å². The predicted octanol–water partition coefficient (Wildman–Crippen LogP) is 3.34. The smallest absolute Gasteiger partial charge is 0.250 e. The molecule has 0 radical (unpaired) electrons. The Kier molecular flexibility index (Phi) is 5.04. The second kappa shape index (κ2) is 7.52. The fourth-order valence-corrected chi connectivity index (χ4v) is 4.33. The number of likely N-dealkylation sites (tertiary alicyclic amines) is 1. The van der Waals surface area contributed by atoms with Crippen molar-refractivity contribution in [2.45, 2.75) is 38.1 Å². The van der Waals surface area contributed by atoms with Gasteiger partial charge in [-0.25, -0.2) is 0 Å². The van der Waals surface area contributed by atoms with E-state index in [0.29, 0.717) is 18.2 Å². The van der Waals surface area contributed by atoms with Crippen molar-refractivity contribution in [2.75, 3.05) is 29.9 Å². The van der Waals surface area contributed by atoms with Crippen molar-refractivity contribution in [3.63, 3.8) is 0 Å². The van der Waals surface area contributed by atoms with Gasteiger partial charge in [0.2, 0.25) is 11.8 Å². The Labute approximate surface area is 171 Å². The second-order valence-electron chi connectivity index (χ2n) is 8.40. The average Bonchev–Trinajstić information content (AvgIpc) is 2.70. The first-order valence-corrected chi connectivity index (χ1v) is 10.1. The number of para-hydroxylation sites is 2. The molecule has 2 heterocycles. The van der Waals surface area contributed by atoms with Crippen LogP contribution in [0.25, 0.3) is 0 Å². The molecule has 2 N–H and O–H groups in total. The molecule has 6 nitrogen and oxygen atoms in total. The fraction of sp³-hybridized carbons (Fsp3) is 0.391. The summed E-state index contributed by atoms with van der Waals surface area (Å²) in [5.41, 5.74) is 1.73. The molecular formula is C23H27N3O3. The van der Waals surface area contributed by atoms with Gasteiger partial charge in [-0.15, -0.1) is 0 Å². The Morgan fingerprint density at radius 2 is 1.76 bits per heavy atom. The van der Waals surface area contributed by atoms with Crippen molar-refractivity contribution in [1.82, 2.24) is 4.90 Å². The molecule has 0 aliphatic carbocycles. The van der Waals surface area contributed by atoms with Gasteiger partial charge in [0.25, 0.3) is 0 Å². The first kappa shape index (κ1) is 19.5. The first-order chi connectivity index (χ1) is 13.9. The van der Waals surface area contributed by atoms with Gasteiger partial charge >= 0.3 is 0 Å². The zero-order valence-corrected chi connectivity index (χ0v) is 16.9. The zero-order valence-electron chi connectivity index (χ0n) is 16.9. The molecule has 4 rings (SSSR count). The van der Waals surface area contributed by atoms with E-state index in [4.69, 9.17) is 0 Å². The molecule has 6 heteroatoms. The molecule has 0 unspecified atom stereocenters. The van der Waals surface area contributed by atoms with Crippen molar-refractivity contribution >= 4 is 23.2 Å². The number of phenols is 1. The van der Waals surface area contributed by atoms with E-state index in [-0.39, 0.29) is 17.6 Å². The molecular weight excluding hydrogens is 366 g/mol. The molecule has 0 atom stereocenters. The molecule has 0 spiro atoms. The quantitative estimate of drug-likeness (QED) is 0.839. The summed E-state index contributed by atoms with van der Waals surface area (Å²) in [7, 11) is 0. The number of hydrogen-bond acceptors (Lipinski definition) is 4. The summed E-state index contributed by atoms with van der Waals surface area (Å²) in [6, 6.07) is 14.9. The van der Waals surface area contributed by atoms with Crippen molar-refractivity contribution < 1.29 is 14.7 Å². The summed E-state index contributed by atoms with van der Waals surface area (Å²) in [5.74, 6) is 0.501. The van der Waals surface area contributed by atoms with E-state index in [1.165, 1.54) is 5.56 Å². The molecule has 1 saturated heterocycles. The van der Waals surface area contributed by atoms with E-state index in [1.807, 2.05) is 36.4 Å². The number of carbonyl (C=O) groups is 2. The van der Waals surface area contributed by atoms with Gasteiger partial charge in [-0.3, -0.25) is 19.4 Å². The number of anilines is 2. The van der Waals surface area contributed by atoms with E-state index in [1.54, 1.807) is 30.9 Å². The lowest BCUT2D eigenvalue weighted by Crippen LogP contribution is -2.60. The Bertz CT molecular complexity index is 915. The third-order valence-electron chi connectivity index (χ3n) is 6.07. The largest absolute Gasteiger partial charge is 0.508 e. The lowest BCUT2D eigenvalue weighted by atomic mass is 9.89. The number of phenolic OH excluding ortho intramolecular Hbond substituents is 1. The third-order valence-corrected chi connectivity index (χ3v) is 6.07.